The summed E-state index contributed by atoms with van der Waals surface area (Å²) in [4.78, 5) is 14.5. The minimum atomic E-state index is -1.26. The molecule has 3 N–H and O–H groups in total. The summed E-state index contributed by atoms with van der Waals surface area (Å²) in [6.45, 7) is 17.7. The minimum Gasteiger partial charge on any atom is -0.464 e. The fourth-order valence-corrected chi connectivity index (χ4v) is 14.2. The molecule has 0 aromatic rings. The van der Waals surface area contributed by atoms with E-state index in [0.29, 0.717) is 43.9 Å². The highest BCUT2D eigenvalue weighted by Crippen LogP contribution is 2.89. The summed E-state index contributed by atoms with van der Waals surface area (Å²) < 4.78 is 24.9. The first-order chi connectivity index (χ1) is 22.0. The number of aliphatic hydroxyl groups is 3. The third-order valence-electron chi connectivity index (χ3n) is 16.6. The Bertz CT molecular complexity index is 1270. The van der Waals surface area contributed by atoms with Gasteiger partial charge in [-0.1, -0.05) is 34.6 Å². The summed E-state index contributed by atoms with van der Waals surface area (Å²) in [7, 11) is 0. The molecule has 0 bridgehead atoms. The fraction of sp³-hybridized carbons (Fsp3) is 0.974. The summed E-state index contributed by atoms with van der Waals surface area (Å²) >= 11 is 0. The monoisotopic (exact) mass is 659 g/mol. The van der Waals surface area contributed by atoms with Gasteiger partial charge in [-0.3, -0.25) is 9.69 Å². The number of morpholine rings is 1. The van der Waals surface area contributed by atoms with Crippen LogP contribution in [0.5, 0.6) is 0 Å². The van der Waals surface area contributed by atoms with Crippen molar-refractivity contribution in [3.05, 3.63) is 0 Å². The van der Waals surface area contributed by atoms with Crippen molar-refractivity contribution in [2.24, 2.45) is 50.7 Å². The van der Waals surface area contributed by atoms with Crippen molar-refractivity contribution in [2.45, 2.75) is 155 Å². The van der Waals surface area contributed by atoms with Crippen molar-refractivity contribution in [2.75, 3.05) is 26.3 Å². The van der Waals surface area contributed by atoms with Crippen LogP contribution in [-0.2, 0) is 23.7 Å². The largest absolute Gasteiger partial charge is 0.464 e. The lowest BCUT2D eigenvalue weighted by atomic mass is 9.41. The average Bonchev–Trinajstić information content (AvgIpc) is 3.41. The molecule has 2 spiro atoms. The molecule has 3 saturated heterocycles. The molecule has 15 atom stereocenters. The predicted octanol–water partition coefficient (Wildman–Crippen LogP) is 4.29. The first-order valence-corrected chi connectivity index (χ1v) is 18.9. The topological polar surface area (TPSA) is 118 Å². The van der Waals surface area contributed by atoms with E-state index in [0.717, 1.165) is 45.1 Å². The summed E-state index contributed by atoms with van der Waals surface area (Å²) in [5.41, 5.74) is -1.04. The van der Waals surface area contributed by atoms with Gasteiger partial charge in [-0.25, -0.2) is 0 Å². The Balaban J connectivity index is 1.02. The van der Waals surface area contributed by atoms with E-state index >= 15 is 0 Å². The maximum atomic E-state index is 12.4. The molecule has 266 valence electrons. The third kappa shape index (κ3) is 4.35. The Hall–Kier alpha value is -0.810. The smallest absolute Gasteiger partial charge is 0.323 e. The zero-order valence-electron chi connectivity index (χ0n) is 29.9. The van der Waals surface area contributed by atoms with Gasteiger partial charge in [0.05, 0.1) is 49.8 Å². The number of esters is 1. The van der Waals surface area contributed by atoms with Crippen LogP contribution in [0.2, 0.25) is 0 Å². The Morgan fingerprint density at radius 1 is 1.00 bits per heavy atom. The maximum Gasteiger partial charge on any atom is 0.323 e. The molecule has 8 fully saturated rings. The van der Waals surface area contributed by atoms with E-state index in [-0.39, 0.29) is 63.5 Å². The molecular weight excluding hydrogens is 598 g/mol. The zero-order valence-corrected chi connectivity index (χ0v) is 29.9. The lowest BCUT2D eigenvalue weighted by Crippen LogP contribution is -2.60. The van der Waals surface area contributed by atoms with E-state index in [9.17, 15) is 20.1 Å². The van der Waals surface area contributed by atoms with Crippen LogP contribution in [0.1, 0.15) is 106 Å². The highest BCUT2D eigenvalue weighted by Gasteiger charge is 2.84. The van der Waals surface area contributed by atoms with Gasteiger partial charge in [0.2, 0.25) is 0 Å². The Morgan fingerprint density at radius 3 is 2.43 bits per heavy atom. The number of hydrogen-bond donors (Lipinski definition) is 3. The highest BCUT2D eigenvalue weighted by molar-refractivity contribution is 5.77. The summed E-state index contributed by atoms with van der Waals surface area (Å²) in [5.74, 6) is 1.41. The molecule has 0 amide bonds. The van der Waals surface area contributed by atoms with Gasteiger partial charge in [-0.2, -0.15) is 0 Å². The van der Waals surface area contributed by atoms with Crippen molar-refractivity contribution in [3.8, 4) is 0 Å². The van der Waals surface area contributed by atoms with Crippen molar-refractivity contribution < 1.29 is 39.1 Å². The number of nitrogens with zero attached hydrogens (tertiary/aromatic N) is 1. The van der Waals surface area contributed by atoms with E-state index in [1.54, 1.807) is 13.8 Å². The molecule has 3 heterocycles. The van der Waals surface area contributed by atoms with Crippen molar-refractivity contribution >= 4 is 5.97 Å². The second-order valence-corrected chi connectivity index (χ2v) is 19.0. The molecule has 0 aromatic heterocycles. The van der Waals surface area contributed by atoms with Crippen LogP contribution in [-0.4, -0.2) is 101 Å². The van der Waals surface area contributed by atoms with Crippen LogP contribution in [0.25, 0.3) is 0 Å². The molecule has 0 radical (unpaired) electrons. The quantitative estimate of drug-likeness (QED) is 0.372. The number of cyclic esters (lactones) is 1. The Kier molecular flexibility index (Phi) is 7.53. The van der Waals surface area contributed by atoms with Gasteiger partial charge in [0.15, 0.2) is 6.29 Å². The van der Waals surface area contributed by atoms with Gasteiger partial charge in [0, 0.05) is 18.4 Å². The zero-order chi connectivity index (χ0) is 33.5. The van der Waals surface area contributed by atoms with E-state index < -0.39 is 23.9 Å². The molecule has 8 rings (SSSR count). The van der Waals surface area contributed by atoms with E-state index in [4.69, 9.17) is 18.9 Å². The number of carbonyl (C=O) groups is 1. The van der Waals surface area contributed by atoms with Gasteiger partial charge in [-0.05, 0) is 111 Å². The van der Waals surface area contributed by atoms with Crippen LogP contribution in [0.3, 0.4) is 0 Å². The molecule has 47 heavy (non-hydrogen) atoms. The van der Waals surface area contributed by atoms with Crippen molar-refractivity contribution in [3.63, 3.8) is 0 Å². The van der Waals surface area contributed by atoms with Gasteiger partial charge in [0.25, 0.3) is 0 Å². The van der Waals surface area contributed by atoms with Gasteiger partial charge in [-0.15, -0.1) is 0 Å². The van der Waals surface area contributed by atoms with Crippen LogP contribution < -0.4 is 0 Å². The van der Waals surface area contributed by atoms with Crippen LogP contribution in [0, 0.1) is 50.7 Å². The van der Waals surface area contributed by atoms with E-state index in [2.05, 4.69) is 39.5 Å². The molecule has 3 aliphatic heterocycles. The molecule has 9 heteroatoms. The molecule has 8 unspecified atom stereocenters. The Labute approximate surface area is 281 Å². The number of hydrogen-bond acceptors (Lipinski definition) is 9. The SMILES string of the molecule is C[C@@H]1CC(C(O)C(C)(C)O)OC2[C@H]1C1(C)CCC34CC35CCC(O[C@H]3CN([C@@H]6CCOC6=O)CCO3)C(C)(C)[C@@H]5CCC4[C@]1(C)[C@H]2O. The molecule has 5 saturated carbocycles. The number of fused-ring (bicyclic) bond motifs is 4. The summed E-state index contributed by atoms with van der Waals surface area (Å²) in [5, 5.41) is 34.1. The van der Waals surface area contributed by atoms with Crippen LogP contribution >= 0.6 is 0 Å². The second-order valence-electron chi connectivity index (χ2n) is 19.0. The van der Waals surface area contributed by atoms with Crippen LogP contribution in [0.4, 0.5) is 0 Å². The highest BCUT2D eigenvalue weighted by atomic mass is 16.7. The van der Waals surface area contributed by atoms with E-state index in [1.807, 2.05) is 0 Å². The number of rotatable bonds is 5. The van der Waals surface area contributed by atoms with E-state index in [1.165, 1.54) is 12.8 Å². The van der Waals surface area contributed by atoms with Crippen molar-refractivity contribution in [1.29, 1.82) is 0 Å². The van der Waals surface area contributed by atoms with Gasteiger partial charge >= 0.3 is 5.97 Å². The first kappa shape index (κ1) is 33.3. The maximum absolute atomic E-state index is 12.4. The summed E-state index contributed by atoms with van der Waals surface area (Å²) in [6.07, 6.45) is 6.87. The first-order valence-electron chi connectivity index (χ1n) is 18.9. The third-order valence-corrected chi connectivity index (χ3v) is 16.6. The Morgan fingerprint density at radius 2 is 1.72 bits per heavy atom. The number of aliphatic hydroxyl groups excluding tert-OH is 2. The fourth-order valence-electron chi connectivity index (χ4n) is 14.2. The van der Waals surface area contributed by atoms with Gasteiger partial charge < -0.3 is 34.3 Å². The van der Waals surface area contributed by atoms with Crippen LogP contribution in [0.15, 0.2) is 0 Å². The average molecular weight is 660 g/mol. The van der Waals surface area contributed by atoms with Gasteiger partial charge in [0.1, 0.15) is 12.1 Å². The number of ether oxygens (including phenoxy) is 4. The lowest BCUT2D eigenvalue weighted by Gasteiger charge is -2.64. The second kappa shape index (κ2) is 10.6. The molecule has 0 aromatic carbocycles. The lowest BCUT2D eigenvalue weighted by molar-refractivity contribution is -0.250. The molecule has 5 aliphatic carbocycles. The normalized spacial score (nSPS) is 54.4. The minimum absolute atomic E-state index is 0.00728. The van der Waals surface area contributed by atoms with Crippen molar-refractivity contribution in [1.82, 2.24) is 4.90 Å². The standard InChI is InChI=1S/C38H61NO8/c1-21-18-23(30(40)34(4,5)43)46-29-28(21)35(6)13-14-38-20-37(38)12-10-26(33(2,3)24(37)8-9-25(38)36(35,7)31(29)41)47-27-19-39(15-17-44-27)22-11-16-45-32(22)42/h21-31,40-41,43H,8-20H2,1-7H3/t21-,22-,23?,24+,25?,26?,27+,28+,29?,30?,31+,35?,36-,37?,38?/m1/s1. The molecular formula is C38H61NO8. The molecule has 8 aliphatic rings. The molecule has 9 nitrogen and oxygen atoms in total. The number of carbonyl (C=O) groups excluding carboxylic acids is 1. The summed E-state index contributed by atoms with van der Waals surface area (Å²) in [6, 6.07) is -0.173. The predicted molar refractivity (Wildman–Crippen MR) is 174 cm³/mol.